The average Bonchev–Trinajstić information content (AvgIpc) is 3.20. The lowest BCUT2D eigenvalue weighted by atomic mass is 9.89. The Hall–Kier alpha value is -4.59. The van der Waals surface area contributed by atoms with Crippen LogP contribution in [0.15, 0.2) is 72.8 Å². The normalized spacial score (nSPS) is 17.2. The third kappa shape index (κ3) is 7.37. The van der Waals surface area contributed by atoms with Gasteiger partial charge in [0.1, 0.15) is 11.3 Å². The number of halogens is 6. The molecule has 0 aliphatic carbocycles. The topological polar surface area (TPSA) is 108 Å². The number of urea groups is 1. The Morgan fingerprint density at radius 1 is 0.957 bits per heavy atom. The molecule has 0 bridgehead atoms. The number of aliphatic hydroxyl groups is 1. The van der Waals surface area contributed by atoms with E-state index in [-0.39, 0.29) is 43.2 Å². The number of ether oxygens (including phenoxy) is 1. The van der Waals surface area contributed by atoms with E-state index in [9.17, 15) is 45.8 Å². The van der Waals surface area contributed by atoms with Gasteiger partial charge < -0.3 is 20.5 Å². The fourth-order valence-electron chi connectivity index (χ4n) is 5.24. The first kappa shape index (κ1) is 35.3. The first-order valence-corrected chi connectivity index (χ1v) is 14.6. The molecule has 1 unspecified atom stereocenters. The van der Waals surface area contributed by atoms with Crippen LogP contribution in [-0.2, 0) is 27.1 Å². The average molecular weight is 666 g/mol. The molecule has 1 heterocycles. The minimum absolute atomic E-state index is 0.0102. The van der Waals surface area contributed by atoms with Crippen molar-refractivity contribution < 1.29 is 50.6 Å². The van der Waals surface area contributed by atoms with E-state index in [2.05, 4.69) is 10.6 Å². The summed E-state index contributed by atoms with van der Waals surface area (Å²) in [6.07, 6.45) is -12.6. The predicted molar refractivity (Wildman–Crippen MR) is 159 cm³/mol. The fourth-order valence-corrected chi connectivity index (χ4v) is 5.24. The van der Waals surface area contributed by atoms with Crippen molar-refractivity contribution in [2.45, 2.75) is 69.6 Å². The van der Waals surface area contributed by atoms with Gasteiger partial charge in [0.25, 0.3) is 11.5 Å². The number of carbonyl (C=O) groups excluding carboxylic acids is 3. The zero-order valence-electron chi connectivity index (χ0n) is 25.6. The van der Waals surface area contributed by atoms with Crippen molar-refractivity contribution in [3.05, 3.63) is 95.1 Å². The molecule has 0 spiro atoms. The highest BCUT2D eigenvalue weighted by Crippen LogP contribution is 2.50. The summed E-state index contributed by atoms with van der Waals surface area (Å²) in [5, 5.41) is 15.1. The largest absolute Gasteiger partial charge is 0.491 e. The molecule has 3 aromatic carbocycles. The molecule has 8 nitrogen and oxygen atoms in total. The van der Waals surface area contributed by atoms with Crippen LogP contribution in [0.5, 0.6) is 5.75 Å². The molecule has 4 rings (SSSR count). The number of hydrogen-bond acceptors (Lipinski definition) is 5. The van der Waals surface area contributed by atoms with Crippen LogP contribution in [0.25, 0.3) is 0 Å². The summed E-state index contributed by atoms with van der Waals surface area (Å²) < 4.78 is 87.1. The number of nitrogens with zero attached hydrogens (tertiary/aromatic N) is 1. The molecule has 3 N–H and O–H groups in total. The summed E-state index contributed by atoms with van der Waals surface area (Å²) in [5.74, 6) is -0.613. The molecule has 0 aromatic heterocycles. The molecular weight excluding hydrogens is 632 g/mol. The second kappa shape index (κ2) is 13.3. The molecule has 0 saturated carbocycles. The number of nitrogens with one attached hydrogen (secondary N) is 2. The summed E-state index contributed by atoms with van der Waals surface area (Å²) in [6, 6.07) is 16.0. The molecule has 1 aliphatic rings. The van der Waals surface area contributed by atoms with Gasteiger partial charge in [0.2, 0.25) is 5.91 Å². The van der Waals surface area contributed by atoms with E-state index in [0.29, 0.717) is 29.0 Å². The minimum Gasteiger partial charge on any atom is -0.491 e. The number of hydrogen-bond donors (Lipinski definition) is 3. The van der Waals surface area contributed by atoms with Crippen LogP contribution in [0, 0.1) is 0 Å². The standard InChI is InChI=1S/C33H33F6N3O5/c1-20(2)47-25-14-11-23(12-15-25)30(3)28(44)42(29(45)41-30)17-7-10-27(43)40-26-16-13-24(31(46,32(34,35)36)33(37,38)39)19-22(26)18-21-8-5-4-6-9-21/h4-6,8-9,11-16,19-20,46H,7,10,17-18H2,1-3H3,(H,40,43)(H,41,45). The molecule has 1 saturated heterocycles. The van der Waals surface area contributed by atoms with Gasteiger partial charge in [-0.15, -0.1) is 0 Å². The number of anilines is 1. The Balaban J connectivity index is 1.47. The van der Waals surface area contributed by atoms with Gasteiger partial charge in [-0.3, -0.25) is 14.5 Å². The Kier molecular flexibility index (Phi) is 9.95. The van der Waals surface area contributed by atoms with Crippen molar-refractivity contribution >= 4 is 23.5 Å². The van der Waals surface area contributed by atoms with Gasteiger partial charge in [-0.2, -0.15) is 26.3 Å². The lowest BCUT2D eigenvalue weighted by molar-refractivity contribution is -0.376. The summed E-state index contributed by atoms with van der Waals surface area (Å²) in [7, 11) is 0. The smallest absolute Gasteiger partial charge is 0.430 e. The minimum atomic E-state index is -6.08. The van der Waals surface area contributed by atoms with E-state index >= 15 is 0 Å². The molecule has 0 radical (unpaired) electrons. The van der Waals surface area contributed by atoms with Gasteiger partial charge in [0.15, 0.2) is 0 Å². The molecule has 1 fully saturated rings. The highest BCUT2D eigenvalue weighted by atomic mass is 19.4. The van der Waals surface area contributed by atoms with Gasteiger partial charge in [0, 0.05) is 24.2 Å². The summed E-state index contributed by atoms with van der Waals surface area (Å²) in [4.78, 5) is 39.8. The van der Waals surface area contributed by atoms with Crippen LogP contribution < -0.4 is 15.4 Å². The van der Waals surface area contributed by atoms with Crippen molar-refractivity contribution in [2.75, 3.05) is 11.9 Å². The number of rotatable bonds is 11. The van der Waals surface area contributed by atoms with Gasteiger partial charge in [-0.25, -0.2) is 4.79 Å². The Morgan fingerprint density at radius 3 is 2.15 bits per heavy atom. The van der Waals surface area contributed by atoms with E-state index in [1.807, 2.05) is 13.8 Å². The Labute approximate surface area is 266 Å². The monoisotopic (exact) mass is 665 g/mol. The number of carbonyl (C=O) groups is 3. The van der Waals surface area contributed by atoms with Crippen LogP contribution in [0.2, 0.25) is 0 Å². The van der Waals surface area contributed by atoms with Crippen LogP contribution in [0.3, 0.4) is 0 Å². The fraction of sp³-hybridized carbons (Fsp3) is 0.364. The molecule has 47 heavy (non-hydrogen) atoms. The third-order valence-electron chi connectivity index (χ3n) is 7.72. The van der Waals surface area contributed by atoms with Crippen LogP contribution in [0.1, 0.15) is 55.9 Å². The van der Waals surface area contributed by atoms with E-state index in [0.717, 1.165) is 11.0 Å². The van der Waals surface area contributed by atoms with Crippen molar-refractivity contribution in [1.82, 2.24) is 10.2 Å². The Bertz CT molecular complexity index is 1600. The summed E-state index contributed by atoms with van der Waals surface area (Å²) >= 11 is 0. The lowest BCUT2D eigenvalue weighted by Gasteiger charge is -2.33. The maximum atomic E-state index is 13.6. The van der Waals surface area contributed by atoms with Crippen LogP contribution >= 0.6 is 0 Å². The van der Waals surface area contributed by atoms with E-state index in [1.54, 1.807) is 61.5 Å². The van der Waals surface area contributed by atoms with Gasteiger partial charge in [-0.1, -0.05) is 48.5 Å². The molecule has 3 aromatic rings. The van der Waals surface area contributed by atoms with Crippen molar-refractivity contribution in [2.24, 2.45) is 0 Å². The summed E-state index contributed by atoms with van der Waals surface area (Å²) in [6.45, 7) is 5.14. The second-order valence-corrected chi connectivity index (χ2v) is 11.6. The van der Waals surface area contributed by atoms with E-state index < -0.39 is 46.9 Å². The highest BCUT2D eigenvalue weighted by Gasteiger charge is 2.71. The first-order chi connectivity index (χ1) is 21.9. The van der Waals surface area contributed by atoms with Crippen molar-refractivity contribution in [1.29, 1.82) is 0 Å². The van der Waals surface area contributed by atoms with E-state index in [4.69, 9.17) is 4.74 Å². The van der Waals surface area contributed by atoms with Crippen molar-refractivity contribution in [3.8, 4) is 5.75 Å². The highest BCUT2D eigenvalue weighted by molar-refractivity contribution is 6.07. The number of alkyl halides is 6. The van der Waals surface area contributed by atoms with E-state index in [1.165, 1.54) is 0 Å². The molecule has 252 valence electrons. The third-order valence-corrected chi connectivity index (χ3v) is 7.72. The molecule has 1 aliphatic heterocycles. The maximum Gasteiger partial charge on any atom is 0.430 e. The number of amides is 4. The maximum absolute atomic E-state index is 13.6. The molecular formula is C33H33F6N3O5. The zero-order valence-corrected chi connectivity index (χ0v) is 25.6. The molecule has 1 atom stereocenters. The SMILES string of the molecule is CC(C)Oc1ccc(C2(C)NC(=O)N(CCCC(=O)Nc3ccc(C(O)(C(F)(F)F)C(F)(F)F)cc3Cc3ccccc3)C2=O)cc1. The van der Waals surface area contributed by atoms with Crippen LogP contribution in [0.4, 0.5) is 36.8 Å². The second-order valence-electron chi connectivity index (χ2n) is 11.6. The van der Waals surface area contributed by atoms with Crippen LogP contribution in [-0.4, -0.2) is 52.9 Å². The van der Waals surface area contributed by atoms with Crippen molar-refractivity contribution in [3.63, 3.8) is 0 Å². The number of imide groups is 1. The molecule has 14 heteroatoms. The summed E-state index contributed by atoms with van der Waals surface area (Å²) in [5.41, 5.74) is -7.10. The molecule has 4 amide bonds. The van der Waals surface area contributed by atoms with Gasteiger partial charge in [0.05, 0.1) is 6.10 Å². The van der Waals surface area contributed by atoms with Gasteiger partial charge in [-0.05, 0) is 74.6 Å². The predicted octanol–water partition coefficient (Wildman–Crippen LogP) is 6.56. The number of benzene rings is 3. The van der Waals surface area contributed by atoms with Gasteiger partial charge >= 0.3 is 18.4 Å². The quantitative estimate of drug-likeness (QED) is 0.159. The Morgan fingerprint density at radius 2 is 1.57 bits per heavy atom. The first-order valence-electron chi connectivity index (χ1n) is 14.6. The lowest BCUT2D eigenvalue weighted by Crippen LogP contribution is -2.54. The zero-order chi connectivity index (χ0) is 34.8.